The van der Waals surface area contributed by atoms with Crippen LogP contribution in [0.1, 0.15) is 6.92 Å². The van der Waals surface area contributed by atoms with Gasteiger partial charge in [0.05, 0.1) is 10.9 Å². The van der Waals surface area contributed by atoms with Crippen LogP contribution in [0, 0.1) is 0 Å². The second-order valence-corrected chi connectivity index (χ2v) is 3.87. The van der Waals surface area contributed by atoms with Crippen LogP contribution in [0.3, 0.4) is 0 Å². The first kappa shape index (κ1) is 10.5. The van der Waals surface area contributed by atoms with Crippen LogP contribution in [-0.4, -0.2) is 9.55 Å². The number of aromatic nitrogens is 2. The van der Waals surface area contributed by atoms with Crippen LogP contribution < -0.4 is 5.56 Å². The lowest BCUT2D eigenvalue weighted by molar-refractivity contribution is 0.719. The molecule has 0 N–H and O–H groups in total. The normalized spacial score (nSPS) is 10.9. The molecule has 0 aliphatic heterocycles. The lowest BCUT2D eigenvalue weighted by Gasteiger charge is -2.06. The summed E-state index contributed by atoms with van der Waals surface area (Å²) in [5.74, 6) is 0. The van der Waals surface area contributed by atoms with Gasteiger partial charge in [-0.15, -0.1) is 0 Å². The number of hydrogen-bond donors (Lipinski definition) is 0. The predicted octanol–water partition coefficient (Wildman–Crippen LogP) is 2.72. The molecule has 1 heterocycles. The van der Waals surface area contributed by atoms with Gasteiger partial charge in [-0.1, -0.05) is 11.6 Å². The summed E-state index contributed by atoms with van der Waals surface area (Å²) in [6.07, 6.45) is 0. The molecule has 0 bridgehead atoms. The number of nitrogens with zero attached hydrogens (tertiary/aromatic N) is 2. The average molecular weight is 243 g/mol. The second kappa shape index (κ2) is 3.83. The summed E-state index contributed by atoms with van der Waals surface area (Å²) in [5, 5.41) is 1.27. The summed E-state index contributed by atoms with van der Waals surface area (Å²) in [5.41, 5.74) is 0.395. The lowest BCUT2D eigenvalue weighted by Crippen LogP contribution is -2.21. The van der Waals surface area contributed by atoms with E-state index < -0.39 is 0 Å². The molecule has 0 saturated heterocycles. The molecule has 0 spiro atoms. The van der Waals surface area contributed by atoms with Crippen LogP contribution in [0.25, 0.3) is 10.9 Å². The molecule has 15 heavy (non-hydrogen) atoms. The summed E-state index contributed by atoms with van der Waals surface area (Å²) < 4.78 is 1.41. The van der Waals surface area contributed by atoms with Crippen molar-refractivity contribution in [3.8, 4) is 0 Å². The third kappa shape index (κ3) is 1.73. The second-order valence-electron chi connectivity index (χ2n) is 3.09. The Labute approximate surface area is 96.3 Å². The molecule has 3 nitrogen and oxygen atoms in total. The minimum Gasteiger partial charge on any atom is -0.283 e. The van der Waals surface area contributed by atoms with E-state index in [2.05, 4.69) is 4.98 Å². The topological polar surface area (TPSA) is 34.9 Å². The monoisotopic (exact) mass is 242 g/mol. The quantitative estimate of drug-likeness (QED) is 0.722. The van der Waals surface area contributed by atoms with Crippen molar-refractivity contribution < 1.29 is 0 Å². The molecule has 2 aromatic rings. The van der Waals surface area contributed by atoms with Crippen molar-refractivity contribution in [3.63, 3.8) is 0 Å². The van der Waals surface area contributed by atoms with Crippen molar-refractivity contribution in [1.29, 1.82) is 0 Å². The Morgan fingerprint density at radius 1 is 1.40 bits per heavy atom. The SMILES string of the molecule is CCn1c(Cl)nc2cc(Cl)ccc2c1=O. The highest BCUT2D eigenvalue weighted by atomic mass is 35.5. The van der Waals surface area contributed by atoms with Crippen LogP contribution >= 0.6 is 23.2 Å². The number of hydrogen-bond acceptors (Lipinski definition) is 2. The Hall–Kier alpha value is -1.06. The Morgan fingerprint density at radius 2 is 2.13 bits per heavy atom. The van der Waals surface area contributed by atoms with Gasteiger partial charge in [0.1, 0.15) is 0 Å². The van der Waals surface area contributed by atoms with E-state index in [1.807, 2.05) is 6.92 Å². The molecular weight excluding hydrogens is 235 g/mol. The maximum atomic E-state index is 11.9. The van der Waals surface area contributed by atoms with Crippen molar-refractivity contribution in [1.82, 2.24) is 9.55 Å². The van der Waals surface area contributed by atoms with Crippen molar-refractivity contribution in [2.24, 2.45) is 0 Å². The smallest absolute Gasteiger partial charge is 0.262 e. The first-order valence-corrected chi connectivity index (χ1v) is 5.24. The first-order valence-electron chi connectivity index (χ1n) is 4.49. The van der Waals surface area contributed by atoms with Gasteiger partial charge in [-0.25, -0.2) is 4.98 Å². The van der Waals surface area contributed by atoms with Crippen molar-refractivity contribution >= 4 is 34.1 Å². The molecule has 2 rings (SSSR count). The third-order valence-corrected chi connectivity index (χ3v) is 2.71. The van der Waals surface area contributed by atoms with Gasteiger partial charge >= 0.3 is 0 Å². The van der Waals surface area contributed by atoms with E-state index in [9.17, 15) is 4.79 Å². The lowest BCUT2D eigenvalue weighted by atomic mass is 10.2. The average Bonchev–Trinajstić information content (AvgIpc) is 2.17. The van der Waals surface area contributed by atoms with Crippen molar-refractivity contribution in [3.05, 3.63) is 38.9 Å². The number of halogens is 2. The maximum absolute atomic E-state index is 11.9. The molecule has 78 valence electrons. The summed E-state index contributed by atoms with van der Waals surface area (Å²) >= 11 is 11.7. The predicted molar refractivity (Wildman–Crippen MR) is 61.7 cm³/mol. The molecule has 0 aliphatic rings. The van der Waals surface area contributed by atoms with Crippen LogP contribution in [-0.2, 0) is 6.54 Å². The highest BCUT2D eigenvalue weighted by Crippen LogP contribution is 2.16. The fraction of sp³-hybridized carbons (Fsp3) is 0.200. The van der Waals surface area contributed by atoms with Crippen molar-refractivity contribution in [2.75, 3.05) is 0 Å². The Bertz CT molecular complexity index is 577. The molecule has 1 aromatic carbocycles. The largest absolute Gasteiger partial charge is 0.283 e. The standard InChI is InChI=1S/C10H8Cl2N2O/c1-2-14-9(15)7-4-3-6(11)5-8(7)13-10(14)12/h3-5H,2H2,1H3. The highest BCUT2D eigenvalue weighted by molar-refractivity contribution is 6.31. The van der Waals surface area contributed by atoms with E-state index >= 15 is 0 Å². The van der Waals surface area contributed by atoms with Crippen LogP contribution in [0.2, 0.25) is 10.3 Å². The Morgan fingerprint density at radius 3 is 2.80 bits per heavy atom. The molecule has 0 unspecified atom stereocenters. The van der Waals surface area contributed by atoms with E-state index in [1.165, 1.54) is 4.57 Å². The van der Waals surface area contributed by atoms with E-state index in [1.54, 1.807) is 18.2 Å². The summed E-state index contributed by atoms with van der Waals surface area (Å²) in [7, 11) is 0. The fourth-order valence-electron chi connectivity index (χ4n) is 1.44. The fourth-order valence-corrected chi connectivity index (χ4v) is 1.89. The maximum Gasteiger partial charge on any atom is 0.262 e. The van der Waals surface area contributed by atoms with Gasteiger partial charge in [0.15, 0.2) is 0 Å². The molecular formula is C10H8Cl2N2O. The van der Waals surface area contributed by atoms with E-state index in [0.29, 0.717) is 22.5 Å². The van der Waals surface area contributed by atoms with Gasteiger partial charge in [0, 0.05) is 11.6 Å². The molecule has 0 aliphatic carbocycles. The van der Waals surface area contributed by atoms with Gasteiger partial charge in [0.25, 0.3) is 5.56 Å². The zero-order chi connectivity index (χ0) is 11.0. The summed E-state index contributed by atoms with van der Waals surface area (Å²) in [6.45, 7) is 2.35. The van der Waals surface area contributed by atoms with Crippen LogP contribution in [0.4, 0.5) is 0 Å². The molecule has 0 amide bonds. The van der Waals surface area contributed by atoms with Crippen LogP contribution in [0.15, 0.2) is 23.0 Å². The van der Waals surface area contributed by atoms with E-state index in [4.69, 9.17) is 23.2 Å². The molecule has 0 saturated carbocycles. The number of fused-ring (bicyclic) bond motifs is 1. The Kier molecular flexibility index (Phi) is 2.67. The molecule has 1 aromatic heterocycles. The van der Waals surface area contributed by atoms with Crippen molar-refractivity contribution in [2.45, 2.75) is 13.5 Å². The Balaban J connectivity index is 2.91. The van der Waals surface area contributed by atoms with Gasteiger partial charge < -0.3 is 0 Å². The van der Waals surface area contributed by atoms with E-state index in [-0.39, 0.29) is 10.8 Å². The summed E-state index contributed by atoms with van der Waals surface area (Å²) in [6, 6.07) is 4.96. The van der Waals surface area contributed by atoms with Gasteiger partial charge in [-0.3, -0.25) is 9.36 Å². The van der Waals surface area contributed by atoms with Gasteiger partial charge in [0.2, 0.25) is 5.28 Å². The number of benzene rings is 1. The van der Waals surface area contributed by atoms with Crippen LogP contribution in [0.5, 0.6) is 0 Å². The minimum absolute atomic E-state index is 0.135. The minimum atomic E-state index is -0.135. The molecule has 0 fully saturated rings. The third-order valence-electron chi connectivity index (χ3n) is 2.19. The molecule has 0 radical (unpaired) electrons. The molecule has 5 heteroatoms. The first-order chi connectivity index (χ1) is 7.13. The number of rotatable bonds is 1. The zero-order valence-electron chi connectivity index (χ0n) is 8.00. The molecule has 0 atom stereocenters. The van der Waals surface area contributed by atoms with Gasteiger partial charge in [-0.2, -0.15) is 0 Å². The van der Waals surface area contributed by atoms with Gasteiger partial charge in [-0.05, 0) is 36.7 Å². The highest BCUT2D eigenvalue weighted by Gasteiger charge is 2.07. The van der Waals surface area contributed by atoms with E-state index in [0.717, 1.165) is 0 Å². The summed E-state index contributed by atoms with van der Waals surface area (Å²) in [4.78, 5) is 16.0. The zero-order valence-corrected chi connectivity index (χ0v) is 9.51.